The molecule has 1 aliphatic heterocycles. The Morgan fingerprint density at radius 2 is 1.96 bits per heavy atom. The van der Waals surface area contributed by atoms with E-state index in [1.165, 1.54) is 0 Å². The van der Waals surface area contributed by atoms with E-state index >= 15 is 0 Å². The molecule has 0 bridgehead atoms. The maximum absolute atomic E-state index is 12.5. The highest BCUT2D eigenvalue weighted by atomic mass is 32.1. The number of benzene rings is 1. The first-order chi connectivity index (χ1) is 12.5. The Morgan fingerprint density at radius 3 is 2.65 bits per heavy atom. The average molecular weight is 376 g/mol. The number of nitrogens with zero attached hydrogens (tertiary/aromatic N) is 2. The molecule has 0 fully saturated rings. The van der Waals surface area contributed by atoms with Gasteiger partial charge in [0.25, 0.3) is 5.56 Å². The number of rotatable bonds is 6. The van der Waals surface area contributed by atoms with Crippen molar-refractivity contribution in [3.63, 3.8) is 0 Å². The number of aromatic nitrogens is 1. The molecular formula is C18H24N4O3S. The molecule has 0 saturated carbocycles. The minimum absolute atomic E-state index is 0.118. The lowest BCUT2D eigenvalue weighted by Gasteiger charge is -2.25. The number of hydrogen-bond donors (Lipinski definition) is 2. The van der Waals surface area contributed by atoms with Crippen molar-refractivity contribution < 1.29 is 9.47 Å². The SMILES string of the molecule is CNC(=S)N(CCCN(C)C)Cc1cc2cc3c(cc2[nH]c1=O)OCO3. The Bertz CT molecular complexity index is 865. The van der Waals surface area contributed by atoms with Gasteiger partial charge in [0, 0.05) is 30.6 Å². The Balaban J connectivity index is 1.85. The zero-order valence-corrected chi connectivity index (χ0v) is 16.1. The van der Waals surface area contributed by atoms with Gasteiger partial charge in [0.2, 0.25) is 6.79 Å². The van der Waals surface area contributed by atoms with Gasteiger partial charge in [-0.25, -0.2) is 0 Å². The van der Waals surface area contributed by atoms with E-state index < -0.39 is 0 Å². The fraction of sp³-hybridized carbons (Fsp3) is 0.444. The van der Waals surface area contributed by atoms with Crippen LogP contribution in [0.5, 0.6) is 11.5 Å². The van der Waals surface area contributed by atoms with Crippen molar-refractivity contribution in [1.29, 1.82) is 0 Å². The van der Waals surface area contributed by atoms with Crippen molar-refractivity contribution in [3.05, 3.63) is 34.1 Å². The van der Waals surface area contributed by atoms with Gasteiger partial charge >= 0.3 is 0 Å². The number of pyridine rings is 1. The Morgan fingerprint density at radius 1 is 1.23 bits per heavy atom. The molecule has 0 saturated heterocycles. The molecular weight excluding hydrogens is 352 g/mol. The molecule has 8 heteroatoms. The largest absolute Gasteiger partial charge is 0.454 e. The van der Waals surface area contributed by atoms with Crippen LogP contribution in [0.4, 0.5) is 0 Å². The molecule has 140 valence electrons. The van der Waals surface area contributed by atoms with Crippen LogP contribution in [-0.2, 0) is 6.54 Å². The normalized spacial score (nSPS) is 12.6. The lowest BCUT2D eigenvalue weighted by atomic mass is 10.1. The number of aromatic amines is 1. The summed E-state index contributed by atoms with van der Waals surface area (Å²) in [6.07, 6.45) is 0.957. The number of hydrogen-bond acceptors (Lipinski definition) is 5. The zero-order valence-electron chi connectivity index (χ0n) is 15.3. The third-order valence-corrected chi connectivity index (χ3v) is 4.77. The summed E-state index contributed by atoms with van der Waals surface area (Å²) in [5, 5.41) is 4.55. The zero-order chi connectivity index (χ0) is 18.7. The summed E-state index contributed by atoms with van der Waals surface area (Å²) < 4.78 is 10.8. The summed E-state index contributed by atoms with van der Waals surface area (Å²) in [6.45, 7) is 2.39. The maximum atomic E-state index is 12.5. The van der Waals surface area contributed by atoms with Crippen LogP contribution < -0.4 is 20.3 Å². The average Bonchev–Trinajstić information content (AvgIpc) is 3.05. The van der Waals surface area contributed by atoms with Gasteiger partial charge in [-0.05, 0) is 51.4 Å². The van der Waals surface area contributed by atoms with Crippen LogP contribution in [0.2, 0.25) is 0 Å². The summed E-state index contributed by atoms with van der Waals surface area (Å²) in [6, 6.07) is 5.59. The molecule has 0 amide bonds. The second-order valence-electron chi connectivity index (χ2n) is 6.55. The number of H-pyrrole nitrogens is 1. The molecule has 0 aliphatic carbocycles. The van der Waals surface area contributed by atoms with Crippen LogP contribution in [0.1, 0.15) is 12.0 Å². The van der Waals surface area contributed by atoms with Crippen LogP contribution in [0.15, 0.2) is 23.0 Å². The molecule has 0 unspecified atom stereocenters. The first-order valence-corrected chi connectivity index (χ1v) is 8.95. The molecule has 3 rings (SSSR count). The summed E-state index contributed by atoms with van der Waals surface area (Å²) >= 11 is 5.41. The summed E-state index contributed by atoms with van der Waals surface area (Å²) in [4.78, 5) is 19.6. The monoisotopic (exact) mass is 376 g/mol. The molecule has 0 radical (unpaired) electrons. The number of fused-ring (bicyclic) bond motifs is 2. The molecule has 1 aromatic carbocycles. The van der Waals surface area contributed by atoms with E-state index in [1.54, 1.807) is 13.1 Å². The first kappa shape index (κ1) is 18.5. The molecule has 1 aliphatic rings. The predicted octanol–water partition coefficient (Wildman–Crippen LogP) is 1.51. The Hall–Kier alpha value is -2.32. The van der Waals surface area contributed by atoms with Crippen LogP contribution in [0.25, 0.3) is 10.9 Å². The van der Waals surface area contributed by atoms with E-state index in [0.29, 0.717) is 28.7 Å². The van der Waals surface area contributed by atoms with Crippen molar-refractivity contribution in [2.24, 2.45) is 0 Å². The molecule has 26 heavy (non-hydrogen) atoms. The van der Waals surface area contributed by atoms with Gasteiger partial charge in [0.15, 0.2) is 16.6 Å². The first-order valence-electron chi connectivity index (χ1n) is 8.55. The van der Waals surface area contributed by atoms with Crippen LogP contribution in [0, 0.1) is 0 Å². The third-order valence-electron chi connectivity index (χ3n) is 4.31. The summed E-state index contributed by atoms with van der Waals surface area (Å²) in [7, 11) is 5.88. The molecule has 1 aromatic heterocycles. The molecule has 2 N–H and O–H groups in total. The minimum Gasteiger partial charge on any atom is -0.454 e. The Labute approximate surface area is 157 Å². The smallest absolute Gasteiger partial charge is 0.253 e. The van der Waals surface area contributed by atoms with Gasteiger partial charge in [-0.1, -0.05) is 0 Å². The summed E-state index contributed by atoms with van der Waals surface area (Å²) in [5.74, 6) is 1.35. The summed E-state index contributed by atoms with van der Waals surface area (Å²) in [5.41, 5.74) is 1.28. The highest BCUT2D eigenvalue weighted by molar-refractivity contribution is 7.80. The molecule has 7 nitrogen and oxygen atoms in total. The lowest BCUT2D eigenvalue weighted by Crippen LogP contribution is -2.40. The van der Waals surface area contributed by atoms with Gasteiger partial charge in [-0.15, -0.1) is 0 Å². The van der Waals surface area contributed by atoms with Crippen molar-refractivity contribution >= 4 is 28.2 Å². The fourth-order valence-corrected chi connectivity index (χ4v) is 3.11. The molecule has 0 spiro atoms. The van der Waals surface area contributed by atoms with Crippen LogP contribution in [0.3, 0.4) is 0 Å². The van der Waals surface area contributed by atoms with E-state index in [2.05, 4.69) is 15.2 Å². The minimum atomic E-state index is -0.118. The van der Waals surface area contributed by atoms with E-state index in [9.17, 15) is 4.79 Å². The van der Waals surface area contributed by atoms with Gasteiger partial charge < -0.3 is 29.6 Å². The third kappa shape index (κ3) is 4.08. The highest BCUT2D eigenvalue weighted by Gasteiger charge is 2.17. The number of thiocarbonyl (C=S) groups is 1. The quantitative estimate of drug-likeness (QED) is 0.741. The van der Waals surface area contributed by atoms with Crippen molar-refractivity contribution in [2.45, 2.75) is 13.0 Å². The number of nitrogens with one attached hydrogen (secondary N) is 2. The second kappa shape index (κ2) is 7.92. The van der Waals surface area contributed by atoms with Gasteiger partial charge in [-0.3, -0.25) is 4.79 Å². The lowest BCUT2D eigenvalue weighted by molar-refractivity contribution is 0.174. The van der Waals surface area contributed by atoms with Crippen LogP contribution in [-0.4, -0.2) is 60.9 Å². The molecule has 0 atom stereocenters. The van der Waals surface area contributed by atoms with E-state index in [-0.39, 0.29) is 12.4 Å². The van der Waals surface area contributed by atoms with E-state index in [0.717, 1.165) is 30.4 Å². The molecule has 2 heterocycles. The topological polar surface area (TPSA) is 69.8 Å². The Kier molecular flexibility index (Phi) is 5.63. The van der Waals surface area contributed by atoms with E-state index in [4.69, 9.17) is 21.7 Å². The maximum Gasteiger partial charge on any atom is 0.253 e. The highest BCUT2D eigenvalue weighted by Crippen LogP contribution is 2.35. The van der Waals surface area contributed by atoms with E-state index in [1.807, 2.05) is 31.1 Å². The van der Waals surface area contributed by atoms with Gasteiger partial charge in [0.1, 0.15) is 0 Å². The van der Waals surface area contributed by atoms with Crippen molar-refractivity contribution in [3.8, 4) is 11.5 Å². The van der Waals surface area contributed by atoms with Crippen molar-refractivity contribution in [1.82, 2.24) is 20.1 Å². The number of ether oxygens (including phenoxy) is 2. The second-order valence-corrected chi connectivity index (χ2v) is 6.94. The van der Waals surface area contributed by atoms with Crippen molar-refractivity contribution in [2.75, 3.05) is 41.0 Å². The van der Waals surface area contributed by atoms with Gasteiger partial charge in [-0.2, -0.15) is 0 Å². The van der Waals surface area contributed by atoms with Crippen LogP contribution >= 0.6 is 12.2 Å². The predicted molar refractivity (Wildman–Crippen MR) is 106 cm³/mol. The fourth-order valence-electron chi connectivity index (χ4n) is 2.95. The van der Waals surface area contributed by atoms with Gasteiger partial charge in [0.05, 0.1) is 12.1 Å². The standard InChI is InChI=1S/C18H24N4O3S/c1-19-18(26)22(6-4-5-21(2)3)10-13-7-12-8-15-16(25-11-24-15)9-14(12)20-17(13)23/h7-9H,4-6,10-11H2,1-3H3,(H,19,26)(H,20,23). The molecule has 2 aromatic rings.